The summed E-state index contributed by atoms with van der Waals surface area (Å²) in [4.78, 5) is 11.9. The van der Waals surface area contributed by atoms with Crippen LogP contribution in [0.2, 0.25) is 0 Å². The summed E-state index contributed by atoms with van der Waals surface area (Å²) in [6.07, 6.45) is 3.86. The Hall–Kier alpha value is -2.29. The Kier molecular flexibility index (Phi) is 4.77. The van der Waals surface area contributed by atoms with Gasteiger partial charge in [0.2, 0.25) is 0 Å². The van der Waals surface area contributed by atoms with Crippen LogP contribution in [0.1, 0.15) is 35.7 Å². The lowest BCUT2D eigenvalue weighted by molar-refractivity contribution is 0.0932. The first-order valence-corrected chi connectivity index (χ1v) is 6.25. The number of ether oxygens (including phenoxy) is 1. The number of nitrogens with one attached hydrogen (secondary N) is 2. The minimum absolute atomic E-state index is 0.238. The largest absolute Gasteiger partial charge is 0.385 e. The average molecular weight is 279 g/mol. The van der Waals surface area contributed by atoms with Crippen molar-refractivity contribution in [2.24, 2.45) is 0 Å². The highest BCUT2D eigenvalue weighted by Gasteiger charge is 2.17. The second-order valence-electron chi connectivity index (χ2n) is 4.28. The number of hydrogen-bond acceptors (Lipinski definition) is 6. The van der Waals surface area contributed by atoms with Gasteiger partial charge in [-0.1, -0.05) is 0 Å². The number of nitrogens with zero attached hydrogens (tertiary/aromatic N) is 5. The third kappa shape index (κ3) is 3.38. The van der Waals surface area contributed by atoms with Crippen LogP contribution in [0.15, 0.2) is 12.5 Å². The maximum Gasteiger partial charge on any atom is 0.274 e. The Morgan fingerprint density at radius 1 is 1.60 bits per heavy atom. The third-order valence-electron chi connectivity index (χ3n) is 2.78. The van der Waals surface area contributed by atoms with Gasteiger partial charge in [0.25, 0.3) is 5.91 Å². The summed E-state index contributed by atoms with van der Waals surface area (Å²) >= 11 is 0. The van der Waals surface area contributed by atoms with Crippen molar-refractivity contribution in [2.45, 2.75) is 25.9 Å². The van der Waals surface area contributed by atoms with Gasteiger partial charge >= 0.3 is 0 Å². The lowest BCUT2D eigenvalue weighted by Crippen LogP contribution is -2.29. The van der Waals surface area contributed by atoms with Crippen LogP contribution < -0.4 is 5.32 Å². The summed E-state index contributed by atoms with van der Waals surface area (Å²) in [5.74, 6) is 0.385. The predicted molar refractivity (Wildman–Crippen MR) is 68.8 cm³/mol. The second-order valence-corrected chi connectivity index (χ2v) is 4.28. The van der Waals surface area contributed by atoms with Crippen molar-refractivity contribution in [1.82, 2.24) is 35.5 Å². The number of amides is 1. The molecule has 2 aromatic rings. The summed E-state index contributed by atoms with van der Waals surface area (Å²) in [6, 6.07) is -0.274. The number of hydrogen-bond donors (Lipinski definition) is 2. The van der Waals surface area contributed by atoms with Crippen LogP contribution in [-0.2, 0) is 11.3 Å². The molecule has 1 amide bonds. The fourth-order valence-electron chi connectivity index (χ4n) is 1.80. The topological polar surface area (TPSA) is 111 Å². The summed E-state index contributed by atoms with van der Waals surface area (Å²) in [5.41, 5.74) is 0.238. The van der Waals surface area contributed by atoms with Gasteiger partial charge in [0.15, 0.2) is 11.5 Å². The smallest absolute Gasteiger partial charge is 0.274 e. The molecule has 0 saturated heterocycles. The zero-order chi connectivity index (χ0) is 14.4. The number of aromatic amines is 1. The van der Waals surface area contributed by atoms with Crippen LogP contribution in [-0.4, -0.2) is 49.8 Å². The normalized spacial score (nSPS) is 12.3. The highest BCUT2D eigenvalue weighted by Crippen LogP contribution is 2.10. The number of carbonyl (C=O) groups excluding carboxylic acids is 1. The Bertz CT molecular complexity index is 537. The van der Waals surface area contributed by atoms with Gasteiger partial charge in [-0.2, -0.15) is 15.4 Å². The molecule has 0 saturated carbocycles. The Morgan fingerprint density at radius 3 is 3.15 bits per heavy atom. The maximum atomic E-state index is 11.9. The van der Waals surface area contributed by atoms with Crippen molar-refractivity contribution in [1.29, 1.82) is 0 Å². The van der Waals surface area contributed by atoms with Crippen LogP contribution in [0.5, 0.6) is 0 Å². The molecule has 20 heavy (non-hydrogen) atoms. The number of methoxy groups -OCH3 is 1. The van der Waals surface area contributed by atoms with Crippen LogP contribution in [0.25, 0.3) is 0 Å². The first-order valence-electron chi connectivity index (χ1n) is 6.25. The fraction of sp³-hybridized carbons (Fsp3) is 0.545. The molecule has 0 aliphatic carbocycles. The van der Waals surface area contributed by atoms with Crippen LogP contribution in [0, 0.1) is 0 Å². The molecular formula is C11H17N7O2. The monoisotopic (exact) mass is 279 g/mol. The molecule has 0 spiro atoms. The Balaban J connectivity index is 1.97. The number of aryl methyl sites for hydroxylation is 1. The van der Waals surface area contributed by atoms with Crippen molar-refractivity contribution in [3.8, 4) is 0 Å². The number of rotatable bonds is 7. The third-order valence-corrected chi connectivity index (χ3v) is 2.78. The Morgan fingerprint density at radius 2 is 2.45 bits per heavy atom. The summed E-state index contributed by atoms with van der Waals surface area (Å²) in [6.45, 7) is 3.24. The van der Waals surface area contributed by atoms with E-state index in [2.05, 4.69) is 30.9 Å². The Labute approximate surface area is 115 Å². The number of H-pyrrole nitrogens is 1. The molecule has 0 aliphatic heterocycles. The summed E-state index contributed by atoms with van der Waals surface area (Å²) < 4.78 is 6.91. The van der Waals surface area contributed by atoms with E-state index in [1.807, 2.05) is 11.5 Å². The van der Waals surface area contributed by atoms with E-state index in [1.165, 1.54) is 6.20 Å². The molecular weight excluding hydrogens is 262 g/mol. The summed E-state index contributed by atoms with van der Waals surface area (Å²) in [5, 5.41) is 20.4. The van der Waals surface area contributed by atoms with Crippen LogP contribution >= 0.6 is 0 Å². The molecule has 2 rings (SSSR count). The van der Waals surface area contributed by atoms with Crippen molar-refractivity contribution < 1.29 is 9.53 Å². The molecule has 0 aromatic carbocycles. The van der Waals surface area contributed by atoms with E-state index in [-0.39, 0.29) is 17.6 Å². The molecule has 2 N–H and O–H groups in total. The van der Waals surface area contributed by atoms with Crippen molar-refractivity contribution in [3.05, 3.63) is 24.0 Å². The zero-order valence-electron chi connectivity index (χ0n) is 11.4. The first-order chi connectivity index (χ1) is 9.72. The van der Waals surface area contributed by atoms with Gasteiger partial charge in [0.1, 0.15) is 6.33 Å². The maximum absolute atomic E-state index is 11.9. The van der Waals surface area contributed by atoms with E-state index in [1.54, 1.807) is 13.4 Å². The van der Waals surface area contributed by atoms with E-state index < -0.39 is 0 Å². The lowest BCUT2D eigenvalue weighted by Gasteiger charge is -2.13. The molecule has 2 aromatic heterocycles. The molecule has 9 heteroatoms. The standard InChI is InChI=1S/C11H17N7O2/c1-8(14-11(19)9-6-12-17-15-9)10-16-13-7-18(10)4-3-5-20-2/h6-8H,3-5H2,1-2H3,(H,14,19)(H,12,15,17). The van der Waals surface area contributed by atoms with E-state index in [0.29, 0.717) is 12.4 Å². The molecule has 9 nitrogen and oxygen atoms in total. The van der Waals surface area contributed by atoms with Gasteiger partial charge in [-0.3, -0.25) is 4.79 Å². The van der Waals surface area contributed by atoms with Crippen molar-refractivity contribution in [3.63, 3.8) is 0 Å². The second kappa shape index (κ2) is 6.75. The van der Waals surface area contributed by atoms with E-state index in [9.17, 15) is 4.79 Å². The molecule has 2 heterocycles. The molecule has 1 unspecified atom stereocenters. The molecule has 0 radical (unpaired) electrons. The van der Waals surface area contributed by atoms with Gasteiger partial charge < -0.3 is 14.6 Å². The van der Waals surface area contributed by atoms with Gasteiger partial charge in [-0.25, -0.2) is 0 Å². The van der Waals surface area contributed by atoms with Crippen LogP contribution in [0.4, 0.5) is 0 Å². The molecule has 0 bridgehead atoms. The minimum atomic E-state index is -0.308. The average Bonchev–Trinajstić information content (AvgIpc) is 3.10. The van der Waals surface area contributed by atoms with Gasteiger partial charge in [-0.15, -0.1) is 10.2 Å². The van der Waals surface area contributed by atoms with Gasteiger partial charge in [-0.05, 0) is 13.3 Å². The molecule has 1 atom stereocenters. The molecule has 0 aliphatic rings. The minimum Gasteiger partial charge on any atom is -0.385 e. The molecule has 0 fully saturated rings. The van der Waals surface area contributed by atoms with E-state index >= 15 is 0 Å². The number of aromatic nitrogens is 6. The molecule has 108 valence electrons. The van der Waals surface area contributed by atoms with Gasteiger partial charge in [0.05, 0.1) is 12.2 Å². The fourth-order valence-corrected chi connectivity index (χ4v) is 1.80. The number of carbonyl (C=O) groups is 1. The first kappa shape index (κ1) is 14.1. The lowest BCUT2D eigenvalue weighted by atomic mass is 10.3. The van der Waals surface area contributed by atoms with Crippen LogP contribution in [0.3, 0.4) is 0 Å². The quantitative estimate of drug-likeness (QED) is 0.686. The SMILES string of the molecule is COCCCn1cnnc1C(C)NC(=O)c1cn[nH]n1. The van der Waals surface area contributed by atoms with Gasteiger partial charge in [0, 0.05) is 20.3 Å². The predicted octanol–water partition coefficient (Wildman–Crippen LogP) is -0.0763. The highest BCUT2D eigenvalue weighted by molar-refractivity contribution is 5.91. The highest BCUT2D eigenvalue weighted by atomic mass is 16.5. The van der Waals surface area contributed by atoms with E-state index in [0.717, 1.165) is 13.0 Å². The summed E-state index contributed by atoms with van der Waals surface area (Å²) in [7, 11) is 1.66. The van der Waals surface area contributed by atoms with Crippen molar-refractivity contribution in [2.75, 3.05) is 13.7 Å². The van der Waals surface area contributed by atoms with Crippen molar-refractivity contribution >= 4 is 5.91 Å². The zero-order valence-corrected chi connectivity index (χ0v) is 11.4. The van der Waals surface area contributed by atoms with E-state index in [4.69, 9.17) is 4.74 Å².